The Labute approximate surface area is 203 Å². The number of hydrogen-bond acceptors (Lipinski definition) is 9. The van der Waals surface area contributed by atoms with Gasteiger partial charge in [0.15, 0.2) is 0 Å². The van der Waals surface area contributed by atoms with Gasteiger partial charge in [0.2, 0.25) is 23.7 Å². The van der Waals surface area contributed by atoms with Crippen LogP contribution in [0.1, 0.15) is 25.3 Å². The fourth-order valence-electron chi connectivity index (χ4n) is 4.25. The number of ether oxygens (including phenoxy) is 2. The number of nitrogens with zero attached hydrogens (tertiary/aromatic N) is 5. The number of carbonyl (C=O) groups is 1. The molecule has 3 heterocycles. The van der Waals surface area contributed by atoms with E-state index in [1.807, 2.05) is 30.3 Å². The summed E-state index contributed by atoms with van der Waals surface area (Å²) in [7, 11) is 0. The van der Waals surface area contributed by atoms with Gasteiger partial charge in [0.05, 0.1) is 31.4 Å². The van der Waals surface area contributed by atoms with Gasteiger partial charge in [-0.2, -0.15) is 4.98 Å². The Morgan fingerprint density at radius 2 is 1.97 bits per heavy atom. The van der Waals surface area contributed by atoms with Crippen LogP contribution in [0.4, 0.5) is 11.9 Å². The number of hydrogen-bond donors (Lipinski definition) is 2. The SMILES string of the molecule is C[C@H]1COCCN1c1nc(OC2CC(NC(=O)Cc3ccccc3)C2)cc(-c2cnc(N)nc2)n1. The van der Waals surface area contributed by atoms with Crippen LogP contribution in [0.25, 0.3) is 11.3 Å². The van der Waals surface area contributed by atoms with Crippen molar-refractivity contribution in [1.82, 2.24) is 25.3 Å². The minimum atomic E-state index is -0.0302. The second-order valence-electron chi connectivity index (χ2n) is 8.98. The van der Waals surface area contributed by atoms with E-state index in [4.69, 9.17) is 25.2 Å². The molecule has 1 saturated heterocycles. The molecule has 35 heavy (non-hydrogen) atoms. The molecule has 2 aromatic heterocycles. The zero-order valence-corrected chi connectivity index (χ0v) is 19.6. The number of amides is 1. The van der Waals surface area contributed by atoms with Gasteiger partial charge in [-0.3, -0.25) is 4.79 Å². The number of nitrogens with two attached hydrogens (primary N) is 1. The Bertz CT molecular complexity index is 1150. The van der Waals surface area contributed by atoms with Crippen molar-refractivity contribution in [2.24, 2.45) is 0 Å². The lowest BCUT2D eigenvalue weighted by molar-refractivity contribution is -0.122. The molecule has 1 atom stereocenters. The number of nitrogens with one attached hydrogen (secondary N) is 1. The monoisotopic (exact) mass is 475 g/mol. The van der Waals surface area contributed by atoms with Crippen LogP contribution < -0.4 is 20.7 Å². The fourth-order valence-corrected chi connectivity index (χ4v) is 4.25. The van der Waals surface area contributed by atoms with E-state index in [2.05, 4.69) is 27.1 Å². The second-order valence-corrected chi connectivity index (χ2v) is 8.98. The van der Waals surface area contributed by atoms with Gasteiger partial charge < -0.3 is 25.4 Å². The number of benzene rings is 1. The topological polar surface area (TPSA) is 128 Å². The van der Waals surface area contributed by atoms with Gasteiger partial charge in [-0.15, -0.1) is 0 Å². The minimum absolute atomic E-state index is 0.0240. The van der Waals surface area contributed by atoms with E-state index < -0.39 is 0 Å². The molecule has 10 nitrogen and oxygen atoms in total. The normalized spacial score (nSPS) is 21.7. The largest absolute Gasteiger partial charge is 0.474 e. The summed E-state index contributed by atoms with van der Waals surface area (Å²) in [6.45, 7) is 4.01. The molecule has 2 fully saturated rings. The van der Waals surface area contributed by atoms with Gasteiger partial charge in [-0.1, -0.05) is 30.3 Å². The van der Waals surface area contributed by atoms with Crippen molar-refractivity contribution in [3.8, 4) is 17.1 Å². The highest BCUT2D eigenvalue weighted by Gasteiger charge is 2.33. The maximum absolute atomic E-state index is 12.3. The van der Waals surface area contributed by atoms with Crippen LogP contribution in [-0.2, 0) is 16.0 Å². The van der Waals surface area contributed by atoms with Crippen LogP contribution in [0.3, 0.4) is 0 Å². The van der Waals surface area contributed by atoms with E-state index in [1.54, 1.807) is 18.5 Å². The molecule has 3 N–H and O–H groups in total. The van der Waals surface area contributed by atoms with Crippen molar-refractivity contribution in [2.45, 2.75) is 44.4 Å². The zero-order valence-electron chi connectivity index (χ0n) is 19.6. The molecule has 1 aromatic carbocycles. The molecule has 0 unspecified atom stereocenters. The zero-order chi connectivity index (χ0) is 24.2. The Balaban J connectivity index is 1.26. The van der Waals surface area contributed by atoms with Crippen molar-refractivity contribution in [1.29, 1.82) is 0 Å². The standard InChI is InChI=1S/C25H29N7O3/c1-16-15-34-8-7-32(16)25-30-21(18-13-27-24(26)28-14-18)12-23(31-25)35-20-10-19(11-20)29-22(33)9-17-5-3-2-4-6-17/h2-6,12-14,16,19-20H,7-11,15H2,1H3,(H,29,33)(H2,26,27,28)/t16-,19?,20?/m0/s1. The van der Waals surface area contributed by atoms with Crippen molar-refractivity contribution in [3.63, 3.8) is 0 Å². The first-order valence-electron chi connectivity index (χ1n) is 11.8. The van der Waals surface area contributed by atoms with E-state index in [1.165, 1.54) is 0 Å². The molecule has 0 radical (unpaired) electrons. The summed E-state index contributed by atoms with van der Waals surface area (Å²) in [5.74, 6) is 1.30. The van der Waals surface area contributed by atoms with Crippen LogP contribution >= 0.6 is 0 Å². The third kappa shape index (κ3) is 5.65. The summed E-state index contributed by atoms with van der Waals surface area (Å²) in [4.78, 5) is 32.1. The Morgan fingerprint density at radius 1 is 1.20 bits per heavy atom. The molecule has 1 aliphatic carbocycles. The number of anilines is 2. The first-order chi connectivity index (χ1) is 17.0. The summed E-state index contributed by atoms with van der Waals surface area (Å²) in [5.41, 5.74) is 8.04. The molecule has 1 amide bonds. The number of morpholine rings is 1. The molecular weight excluding hydrogens is 446 g/mol. The summed E-state index contributed by atoms with van der Waals surface area (Å²) in [6.07, 6.45) is 5.09. The lowest BCUT2D eigenvalue weighted by atomic mass is 9.89. The second kappa shape index (κ2) is 10.2. The summed E-state index contributed by atoms with van der Waals surface area (Å²) in [6, 6.07) is 11.8. The van der Waals surface area contributed by atoms with E-state index >= 15 is 0 Å². The third-order valence-corrected chi connectivity index (χ3v) is 6.24. The Hall–Kier alpha value is -3.79. The third-order valence-electron chi connectivity index (χ3n) is 6.24. The highest BCUT2D eigenvalue weighted by molar-refractivity contribution is 5.79. The van der Waals surface area contributed by atoms with Crippen LogP contribution in [0.2, 0.25) is 0 Å². The van der Waals surface area contributed by atoms with Crippen LogP contribution in [0.15, 0.2) is 48.8 Å². The molecular formula is C25H29N7O3. The number of carbonyl (C=O) groups excluding carboxylic acids is 1. The van der Waals surface area contributed by atoms with Gasteiger partial charge in [-0.05, 0) is 12.5 Å². The number of rotatable bonds is 7. The highest BCUT2D eigenvalue weighted by atomic mass is 16.5. The van der Waals surface area contributed by atoms with Crippen molar-refractivity contribution in [2.75, 3.05) is 30.4 Å². The van der Waals surface area contributed by atoms with Crippen LogP contribution in [-0.4, -0.2) is 63.8 Å². The van der Waals surface area contributed by atoms with Gasteiger partial charge in [0.25, 0.3) is 0 Å². The molecule has 182 valence electrons. The Kier molecular flexibility index (Phi) is 6.71. The maximum atomic E-state index is 12.3. The van der Waals surface area contributed by atoms with Crippen molar-refractivity contribution >= 4 is 17.8 Å². The molecule has 0 bridgehead atoms. The van der Waals surface area contributed by atoms with Crippen molar-refractivity contribution < 1.29 is 14.3 Å². The summed E-state index contributed by atoms with van der Waals surface area (Å²) in [5, 5.41) is 3.09. The van der Waals surface area contributed by atoms with E-state index in [0.717, 1.165) is 24.0 Å². The maximum Gasteiger partial charge on any atom is 0.229 e. The quantitative estimate of drug-likeness (QED) is 0.527. The molecule has 1 saturated carbocycles. The fraction of sp³-hybridized carbons (Fsp3) is 0.400. The highest BCUT2D eigenvalue weighted by Crippen LogP contribution is 2.30. The predicted molar refractivity (Wildman–Crippen MR) is 131 cm³/mol. The predicted octanol–water partition coefficient (Wildman–Crippen LogP) is 2.01. The van der Waals surface area contributed by atoms with E-state index in [9.17, 15) is 4.79 Å². The van der Waals surface area contributed by atoms with Gasteiger partial charge >= 0.3 is 0 Å². The first kappa shape index (κ1) is 23.0. The van der Waals surface area contributed by atoms with E-state index in [-0.39, 0.29) is 30.0 Å². The van der Waals surface area contributed by atoms with Gasteiger partial charge in [0.1, 0.15) is 6.10 Å². The lowest BCUT2D eigenvalue weighted by Gasteiger charge is -2.36. The average Bonchev–Trinajstić information content (AvgIpc) is 2.84. The smallest absolute Gasteiger partial charge is 0.229 e. The molecule has 10 heteroatoms. The summed E-state index contributed by atoms with van der Waals surface area (Å²) >= 11 is 0. The van der Waals surface area contributed by atoms with Crippen LogP contribution in [0.5, 0.6) is 5.88 Å². The Morgan fingerprint density at radius 3 is 2.71 bits per heavy atom. The molecule has 3 aromatic rings. The number of nitrogen functional groups attached to an aromatic ring is 1. The van der Waals surface area contributed by atoms with Crippen molar-refractivity contribution in [3.05, 3.63) is 54.4 Å². The van der Waals surface area contributed by atoms with E-state index in [0.29, 0.717) is 43.7 Å². The molecule has 5 rings (SSSR count). The van der Waals surface area contributed by atoms with Crippen LogP contribution in [0, 0.1) is 0 Å². The van der Waals surface area contributed by atoms with Gasteiger partial charge in [0, 0.05) is 49.5 Å². The summed E-state index contributed by atoms with van der Waals surface area (Å²) < 4.78 is 11.8. The molecule has 2 aliphatic rings. The minimum Gasteiger partial charge on any atom is -0.474 e. The molecule has 0 spiro atoms. The van der Waals surface area contributed by atoms with Gasteiger partial charge in [-0.25, -0.2) is 15.0 Å². The first-order valence-corrected chi connectivity index (χ1v) is 11.8. The number of aromatic nitrogens is 4. The lowest BCUT2D eigenvalue weighted by Crippen LogP contribution is -2.49. The molecule has 1 aliphatic heterocycles. The average molecular weight is 476 g/mol.